The van der Waals surface area contributed by atoms with E-state index >= 15 is 0 Å². The van der Waals surface area contributed by atoms with E-state index in [9.17, 15) is 14.7 Å². The molecule has 1 saturated carbocycles. The number of esters is 1. The molecule has 0 aromatic carbocycles. The van der Waals surface area contributed by atoms with Gasteiger partial charge in [-0.05, 0) is 17.4 Å². The molecule has 1 heterocycles. The van der Waals surface area contributed by atoms with Crippen molar-refractivity contribution in [3.8, 4) is 0 Å². The van der Waals surface area contributed by atoms with E-state index in [2.05, 4.69) is 13.8 Å². The summed E-state index contributed by atoms with van der Waals surface area (Å²) in [5, 5.41) is 9.21. The number of carbonyl (C=O) groups excluding carboxylic acids is 2. The van der Waals surface area contributed by atoms with Crippen LogP contribution in [0.3, 0.4) is 0 Å². The molecule has 0 spiro atoms. The minimum atomic E-state index is -0.472. The van der Waals surface area contributed by atoms with Crippen molar-refractivity contribution in [2.24, 2.45) is 17.3 Å². The Kier molecular flexibility index (Phi) is 2.68. The third kappa shape index (κ3) is 1.86. The Bertz CT molecular complexity index is 512. The molecule has 3 rings (SSSR count). The number of hydrogen-bond donors (Lipinski definition) is 1. The maximum Gasteiger partial charge on any atom is 0.336 e. The van der Waals surface area contributed by atoms with Crippen LogP contribution in [-0.2, 0) is 14.3 Å². The molecule has 1 aliphatic heterocycles. The van der Waals surface area contributed by atoms with E-state index in [4.69, 9.17) is 4.74 Å². The average Bonchev–Trinajstić information content (AvgIpc) is 2.55. The lowest BCUT2D eigenvalue weighted by molar-refractivity contribution is -0.153. The fraction of sp³-hybridized carbons (Fsp3) is 0.600. The highest BCUT2D eigenvalue weighted by Gasteiger charge is 2.49. The SMILES string of the molecule is CC1(C)CC(=O)C(C2OC(=O)C(CO)=C3C=CC32)C1. The summed E-state index contributed by atoms with van der Waals surface area (Å²) in [6.07, 6.45) is 4.73. The van der Waals surface area contributed by atoms with Crippen LogP contribution in [0.1, 0.15) is 26.7 Å². The van der Waals surface area contributed by atoms with E-state index in [1.54, 1.807) is 0 Å². The number of Topliss-reactive ketones (excluding diaryl/α,β-unsaturated/α-hetero) is 1. The summed E-state index contributed by atoms with van der Waals surface area (Å²) in [5.74, 6) is -0.498. The van der Waals surface area contributed by atoms with Crippen LogP contribution in [0.4, 0.5) is 0 Å². The Labute approximate surface area is 112 Å². The van der Waals surface area contributed by atoms with E-state index in [0.29, 0.717) is 12.0 Å². The molecule has 3 aliphatic rings. The fourth-order valence-electron chi connectivity index (χ4n) is 3.45. The van der Waals surface area contributed by atoms with Gasteiger partial charge in [0.25, 0.3) is 0 Å². The van der Waals surface area contributed by atoms with Gasteiger partial charge in [0.15, 0.2) is 0 Å². The number of rotatable bonds is 2. The van der Waals surface area contributed by atoms with Gasteiger partial charge in [0, 0.05) is 12.3 Å². The van der Waals surface area contributed by atoms with E-state index in [1.807, 2.05) is 12.2 Å². The smallest absolute Gasteiger partial charge is 0.336 e. The highest BCUT2D eigenvalue weighted by Crippen LogP contribution is 2.47. The molecule has 0 radical (unpaired) electrons. The Morgan fingerprint density at radius 2 is 2.16 bits per heavy atom. The van der Waals surface area contributed by atoms with Gasteiger partial charge in [0.2, 0.25) is 0 Å². The second-order valence-electron chi connectivity index (χ2n) is 6.46. The van der Waals surface area contributed by atoms with Crippen molar-refractivity contribution in [3.63, 3.8) is 0 Å². The molecule has 102 valence electrons. The molecular weight excluding hydrogens is 244 g/mol. The predicted molar refractivity (Wildman–Crippen MR) is 68.1 cm³/mol. The molecule has 0 bridgehead atoms. The molecule has 0 aromatic rings. The third-order valence-electron chi connectivity index (χ3n) is 4.43. The Hall–Kier alpha value is -1.42. The first-order chi connectivity index (χ1) is 8.93. The first kappa shape index (κ1) is 12.6. The van der Waals surface area contributed by atoms with Gasteiger partial charge in [-0.3, -0.25) is 4.79 Å². The van der Waals surface area contributed by atoms with Gasteiger partial charge in [0.1, 0.15) is 11.9 Å². The number of fused-ring (bicyclic) bond motifs is 1. The quantitative estimate of drug-likeness (QED) is 0.764. The van der Waals surface area contributed by atoms with Crippen LogP contribution >= 0.6 is 0 Å². The van der Waals surface area contributed by atoms with Gasteiger partial charge in [0.05, 0.1) is 18.1 Å². The minimum Gasteiger partial charge on any atom is -0.457 e. The zero-order valence-corrected chi connectivity index (χ0v) is 11.2. The summed E-state index contributed by atoms with van der Waals surface area (Å²) in [6, 6.07) is 0. The zero-order valence-electron chi connectivity index (χ0n) is 11.2. The van der Waals surface area contributed by atoms with Crippen molar-refractivity contribution >= 4 is 11.8 Å². The van der Waals surface area contributed by atoms with Crippen LogP contribution < -0.4 is 0 Å². The first-order valence-electron chi connectivity index (χ1n) is 6.69. The highest BCUT2D eigenvalue weighted by molar-refractivity contribution is 5.93. The third-order valence-corrected chi connectivity index (χ3v) is 4.43. The van der Waals surface area contributed by atoms with E-state index in [-0.39, 0.29) is 35.7 Å². The molecule has 4 nitrogen and oxygen atoms in total. The van der Waals surface area contributed by atoms with Crippen LogP contribution in [-0.4, -0.2) is 29.6 Å². The molecule has 19 heavy (non-hydrogen) atoms. The number of carbonyl (C=O) groups is 2. The monoisotopic (exact) mass is 262 g/mol. The van der Waals surface area contributed by atoms with Crippen LogP contribution in [0, 0.1) is 17.3 Å². The summed E-state index contributed by atoms with van der Waals surface area (Å²) in [4.78, 5) is 24.0. The average molecular weight is 262 g/mol. The molecule has 4 heteroatoms. The number of aliphatic hydroxyl groups excluding tert-OH is 1. The van der Waals surface area contributed by atoms with Crippen molar-refractivity contribution in [3.05, 3.63) is 23.3 Å². The number of cyclic esters (lactones) is 1. The van der Waals surface area contributed by atoms with Gasteiger partial charge in [-0.2, -0.15) is 0 Å². The zero-order chi connectivity index (χ0) is 13.8. The first-order valence-corrected chi connectivity index (χ1v) is 6.69. The van der Waals surface area contributed by atoms with E-state index < -0.39 is 5.97 Å². The summed E-state index contributed by atoms with van der Waals surface area (Å²) < 4.78 is 5.44. The van der Waals surface area contributed by atoms with Crippen molar-refractivity contribution in [1.82, 2.24) is 0 Å². The second-order valence-corrected chi connectivity index (χ2v) is 6.46. The Morgan fingerprint density at radius 3 is 2.63 bits per heavy atom. The van der Waals surface area contributed by atoms with Crippen LogP contribution in [0.5, 0.6) is 0 Å². The molecule has 0 aromatic heterocycles. The summed E-state index contributed by atoms with van der Waals surface area (Å²) in [6.45, 7) is 3.84. The normalized spacial score (nSPS) is 36.1. The molecule has 1 N–H and O–H groups in total. The highest BCUT2D eigenvalue weighted by atomic mass is 16.5. The largest absolute Gasteiger partial charge is 0.457 e. The number of allylic oxidation sites excluding steroid dienone is 1. The van der Waals surface area contributed by atoms with Gasteiger partial charge in [-0.25, -0.2) is 4.79 Å². The summed E-state index contributed by atoms with van der Waals surface area (Å²) in [7, 11) is 0. The molecule has 0 saturated heterocycles. The summed E-state index contributed by atoms with van der Waals surface area (Å²) >= 11 is 0. The Morgan fingerprint density at radius 1 is 1.42 bits per heavy atom. The van der Waals surface area contributed by atoms with Gasteiger partial charge in [-0.1, -0.05) is 26.0 Å². The minimum absolute atomic E-state index is 0.0112. The lowest BCUT2D eigenvalue weighted by atomic mass is 9.73. The topological polar surface area (TPSA) is 63.6 Å². The van der Waals surface area contributed by atoms with Crippen molar-refractivity contribution < 1.29 is 19.4 Å². The molecule has 3 atom stereocenters. The van der Waals surface area contributed by atoms with E-state index in [0.717, 1.165) is 12.0 Å². The lowest BCUT2D eigenvalue weighted by Crippen LogP contribution is -2.43. The van der Waals surface area contributed by atoms with Gasteiger partial charge < -0.3 is 9.84 Å². The molecule has 1 fully saturated rings. The van der Waals surface area contributed by atoms with Crippen molar-refractivity contribution in [2.75, 3.05) is 6.61 Å². The number of aliphatic hydroxyl groups is 1. The van der Waals surface area contributed by atoms with Crippen LogP contribution in [0.2, 0.25) is 0 Å². The predicted octanol–water partition coefficient (Wildman–Crippen LogP) is 1.39. The van der Waals surface area contributed by atoms with Crippen LogP contribution in [0.25, 0.3) is 0 Å². The number of ketones is 1. The molecule has 2 aliphatic carbocycles. The molecule has 0 amide bonds. The Balaban J connectivity index is 1.89. The van der Waals surface area contributed by atoms with Gasteiger partial charge in [-0.15, -0.1) is 0 Å². The number of hydrogen-bond acceptors (Lipinski definition) is 4. The van der Waals surface area contributed by atoms with Gasteiger partial charge >= 0.3 is 5.97 Å². The van der Waals surface area contributed by atoms with E-state index in [1.165, 1.54) is 0 Å². The maximum atomic E-state index is 12.1. The van der Waals surface area contributed by atoms with Crippen LogP contribution in [0.15, 0.2) is 23.3 Å². The maximum absolute atomic E-state index is 12.1. The fourth-order valence-corrected chi connectivity index (χ4v) is 3.45. The molecule has 3 unspecified atom stereocenters. The second kappa shape index (κ2) is 4.04. The molecular formula is C15H18O4. The van der Waals surface area contributed by atoms with Crippen molar-refractivity contribution in [2.45, 2.75) is 32.8 Å². The van der Waals surface area contributed by atoms with Crippen molar-refractivity contribution in [1.29, 1.82) is 0 Å². The number of ether oxygens (including phenoxy) is 1. The summed E-state index contributed by atoms with van der Waals surface area (Å²) in [5.41, 5.74) is 1.18. The standard InChI is InChI=1S/C15H18O4/c1-15(2)5-10(12(17)6-15)13-9-4-3-8(9)11(7-16)14(18)19-13/h3-4,9-10,13,16H,5-7H2,1-2H3. The lowest BCUT2D eigenvalue weighted by Gasteiger charge is -2.39.